The summed E-state index contributed by atoms with van der Waals surface area (Å²) in [6.07, 6.45) is -0.442. The molecule has 0 bridgehead atoms. The van der Waals surface area contributed by atoms with Gasteiger partial charge in [0.05, 0.1) is 0 Å². The van der Waals surface area contributed by atoms with Gasteiger partial charge >= 0.3 is 0 Å². The molecule has 0 unspecified atom stereocenters. The van der Waals surface area contributed by atoms with Gasteiger partial charge in [-0.2, -0.15) is 0 Å². The Kier molecular flexibility index (Phi) is 5.40. The number of hydrogen-bond donors (Lipinski definition) is 2. The van der Waals surface area contributed by atoms with E-state index in [0.29, 0.717) is 0 Å². The second kappa shape index (κ2) is 6.58. The van der Waals surface area contributed by atoms with Crippen molar-refractivity contribution in [3.05, 3.63) is 35.9 Å². The van der Waals surface area contributed by atoms with E-state index in [4.69, 9.17) is 0 Å². The van der Waals surface area contributed by atoms with Crippen molar-refractivity contribution in [1.29, 1.82) is 0 Å². The molecule has 0 aliphatic rings. The number of aliphatic hydroxyl groups excluding tert-OH is 1. The van der Waals surface area contributed by atoms with Crippen LogP contribution in [0.5, 0.6) is 0 Å². The van der Waals surface area contributed by atoms with Crippen LogP contribution in [0.1, 0.15) is 39.4 Å². The molecule has 0 amide bonds. The summed E-state index contributed by atoms with van der Waals surface area (Å²) in [7, 11) is 0. The molecule has 0 fully saturated rings. The first-order chi connectivity index (χ1) is 8.40. The third kappa shape index (κ3) is 5.35. The van der Waals surface area contributed by atoms with E-state index in [1.54, 1.807) is 0 Å². The largest absolute Gasteiger partial charge is 0.382 e. The zero-order chi connectivity index (χ0) is 13.6. The first kappa shape index (κ1) is 14.8. The maximum atomic E-state index is 10.2. The Morgan fingerprint density at radius 2 is 1.83 bits per heavy atom. The summed E-state index contributed by atoms with van der Waals surface area (Å²) in [6, 6.07) is 9.88. The Morgan fingerprint density at radius 1 is 1.22 bits per heavy atom. The summed E-state index contributed by atoms with van der Waals surface area (Å²) in [5.74, 6) is 6.34. The summed E-state index contributed by atoms with van der Waals surface area (Å²) in [4.78, 5) is 0. The van der Waals surface area contributed by atoms with Crippen molar-refractivity contribution in [2.75, 3.05) is 6.54 Å². The maximum absolute atomic E-state index is 10.2. The summed E-state index contributed by atoms with van der Waals surface area (Å²) < 4.78 is 0. The van der Waals surface area contributed by atoms with Crippen molar-refractivity contribution in [1.82, 2.24) is 0 Å². The van der Waals surface area contributed by atoms with Crippen molar-refractivity contribution >= 4 is 0 Å². The molecule has 0 spiro atoms. The number of benzene rings is 1. The molecule has 2 atom stereocenters. The van der Waals surface area contributed by atoms with Crippen LogP contribution in [0.4, 0.5) is 0 Å². The number of nitrogens with two attached hydrogens (primary N) is 1. The lowest BCUT2D eigenvalue weighted by atomic mass is 9.98. The summed E-state index contributed by atoms with van der Waals surface area (Å²) in [6.45, 7) is 9.05. The van der Waals surface area contributed by atoms with E-state index in [9.17, 15) is 5.11 Å². The molecule has 2 heteroatoms. The van der Waals surface area contributed by atoms with Gasteiger partial charge < -0.3 is 10.4 Å². The maximum Gasteiger partial charge on any atom is 0.138 e. The molecule has 98 valence electrons. The van der Waals surface area contributed by atoms with Crippen LogP contribution in [0.15, 0.2) is 30.3 Å². The average molecular weight is 246 g/mol. The first-order valence-corrected chi connectivity index (χ1v) is 6.46. The topological polar surface area (TPSA) is 36.8 Å². The Labute approximate surface area is 110 Å². The van der Waals surface area contributed by atoms with Gasteiger partial charge in [0.15, 0.2) is 0 Å². The Bertz CT molecular complexity index is 408. The van der Waals surface area contributed by atoms with Gasteiger partial charge in [0.2, 0.25) is 0 Å². The molecule has 1 aromatic carbocycles. The molecule has 1 aromatic rings. The second-order valence-corrected chi connectivity index (χ2v) is 5.71. The van der Waals surface area contributed by atoms with Crippen molar-refractivity contribution in [2.45, 2.75) is 39.8 Å². The second-order valence-electron chi connectivity index (χ2n) is 5.71. The fraction of sp³-hybridized carbons (Fsp3) is 0.500. The highest BCUT2D eigenvalue weighted by Gasteiger charge is 2.18. The van der Waals surface area contributed by atoms with Gasteiger partial charge in [0, 0.05) is 5.41 Å². The van der Waals surface area contributed by atoms with E-state index in [1.807, 2.05) is 37.3 Å². The van der Waals surface area contributed by atoms with E-state index >= 15 is 0 Å². The lowest BCUT2D eigenvalue weighted by molar-refractivity contribution is -0.684. The lowest BCUT2D eigenvalue weighted by Gasteiger charge is -2.16. The Morgan fingerprint density at radius 3 is 2.39 bits per heavy atom. The molecule has 0 aliphatic carbocycles. The molecular formula is C16H24NO+. The van der Waals surface area contributed by atoms with Crippen molar-refractivity contribution in [2.24, 2.45) is 5.41 Å². The van der Waals surface area contributed by atoms with E-state index in [1.165, 1.54) is 0 Å². The first-order valence-electron chi connectivity index (χ1n) is 6.46. The molecule has 0 aromatic heterocycles. The highest BCUT2D eigenvalue weighted by atomic mass is 16.3. The smallest absolute Gasteiger partial charge is 0.138 e. The molecular weight excluding hydrogens is 222 g/mol. The minimum atomic E-state index is -0.442. The molecule has 1 rings (SSSR count). The highest BCUT2D eigenvalue weighted by molar-refractivity contribution is 5.17. The van der Waals surface area contributed by atoms with Gasteiger partial charge in [-0.1, -0.05) is 36.3 Å². The fourth-order valence-electron chi connectivity index (χ4n) is 1.64. The van der Waals surface area contributed by atoms with Gasteiger partial charge in [0.25, 0.3) is 0 Å². The number of quaternary nitrogens is 1. The predicted octanol–water partition coefficient (Wildman–Crippen LogP) is 1.72. The Balaban J connectivity index is 2.46. The molecule has 0 radical (unpaired) electrons. The number of hydrogen-bond acceptors (Lipinski definition) is 1. The third-order valence-electron chi connectivity index (χ3n) is 2.69. The zero-order valence-corrected chi connectivity index (χ0v) is 11.8. The zero-order valence-electron chi connectivity index (χ0n) is 11.8. The van der Waals surface area contributed by atoms with E-state index in [-0.39, 0.29) is 11.5 Å². The van der Waals surface area contributed by atoms with E-state index in [0.717, 1.165) is 12.1 Å². The van der Waals surface area contributed by atoms with Gasteiger partial charge in [-0.05, 0) is 39.2 Å². The van der Waals surface area contributed by atoms with Gasteiger partial charge in [0.1, 0.15) is 18.7 Å². The van der Waals surface area contributed by atoms with Crippen LogP contribution in [0.25, 0.3) is 0 Å². The Hall–Kier alpha value is -1.30. The quantitative estimate of drug-likeness (QED) is 0.780. The molecule has 2 nitrogen and oxygen atoms in total. The number of aliphatic hydroxyl groups is 1. The highest BCUT2D eigenvalue weighted by Crippen LogP contribution is 2.13. The van der Waals surface area contributed by atoms with Crippen LogP contribution in [0.2, 0.25) is 0 Å². The molecule has 3 N–H and O–H groups in total. The van der Waals surface area contributed by atoms with Crippen molar-refractivity contribution < 1.29 is 10.4 Å². The third-order valence-corrected chi connectivity index (χ3v) is 2.69. The predicted molar refractivity (Wildman–Crippen MR) is 74.9 cm³/mol. The van der Waals surface area contributed by atoms with Crippen molar-refractivity contribution in [3.63, 3.8) is 0 Å². The molecule has 0 saturated heterocycles. The lowest BCUT2D eigenvalue weighted by Crippen LogP contribution is -2.90. The van der Waals surface area contributed by atoms with Crippen LogP contribution < -0.4 is 5.32 Å². The van der Waals surface area contributed by atoms with Crippen LogP contribution in [-0.4, -0.2) is 17.7 Å². The van der Waals surface area contributed by atoms with Crippen LogP contribution >= 0.6 is 0 Å². The summed E-state index contributed by atoms with van der Waals surface area (Å²) >= 11 is 0. The average Bonchev–Trinajstić information content (AvgIpc) is 2.33. The standard InChI is InChI=1S/C16H23NO/c1-13(17-12-8-11-16(2,3)4)15(18)14-9-6-5-7-10-14/h5-7,9-10,13,15,17-18H,12H2,1-4H3/p+1/t13-,15+/m1/s1. The summed E-state index contributed by atoms with van der Waals surface area (Å²) in [5, 5.41) is 12.2. The molecule has 0 saturated carbocycles. The molecule has 0 aliphatic heterocycles. The van der Waals surface area contributed by atoms with Crippen molar-refractivity contribution in [3.8, 4) is 11.8 Å². The van der Waals surface area contributed by atoms with Gasteiger partial charge in [-0.3, -0.25) is 0 Å². The van der Waals surface area contributed by atoms with E-state index < -0.39 is 6.10 Å². The number of rotatable bonds is 4. The van der Waals surface area contributed by atoms with Crippen LogP contribution in [-0.2, 0) is 0 Å². The summed E-state index contributed by atoms with van der Waals surface area (Å²) in [5.41, 5.74) is 1.01. The van der Waals surface area contributed by atoms with Crippen LogP contribution in [0, 0.1) is 17.3 Å². The molecule has 0 heterocycles. The fourth-order valence-corrected chi connectivity index (χ4v) is 1.64. The minimum absolute atomic E-state index is 0.0507. The minimum Gasteiger partial charge on any atom is -0.382 e. The normalized spacial score (nSPS) is 14.5. The van der Waals surface area contributed by atoms with Gasteiger partial charge in [-0.25, -0.2) is 0 Å². The molecule has 18 heavy (non-hydrogen) atoms. The SMILES string of the molecule is C[C@@H]([NH2+]CC#CC(C)(C)C)[C@H](O)c1ccccc1. The van der Waals surface area contributed by atoms with Crippen LogP contribution in [0.3, 0.4) is 0 Å². The van der Waals surface area contributed by atoms with E-state index in [2.05, 4.69) is 37.9 Å². The van der Waals surface area contributed by atoms with Gasteiger partial charge in [-0.15, -0.1) is 0 Å². The monoisotopic (exact) mass is 246 g/mol.